The van der Waals surface area contributed by atoms with Crippen molar-refractivity contribution >= 4 is 11.6 Å². The first kappa shape index (κ1) is 17.5. The zero-order chi connectivity index (χ0) is 19.5. The van der Waals surface area contributed by atoms with E-state index >= 15 is 0 Å². The Morgan fingerprint density at radius 2 is 1.79 bits per heavy atom. The van der Waals surface area contributed by atoms with Crippen molar-refractivity contribution in [3.63, 3.8) is 0 Å². The van der Waals surface area contributed by atoms with Crippen LogP contribution < -0.4 is 5.32 Å². The summed E-state index contributed by atoms with van der Waals surface area (Å²) >= 11 is 0. The third-order valence-electron chi connectivity index (χ3n) is 4.19. The van der Waals surface area contributed by atoms with Gasteiger partial charge in [0.15, 0.2) is 5.82 Å². The van der Waals surface area contributed by atoms with Crippen LogP contribution in [0.25, 0.3) is 22.8 Å². The van der Waals surface area contributed by atoms with Crippen LogP contribution in [-0.4, -0.2) is 46.3 Å². The number of rotatable bonds is 5. The molecule has 2 aromatic carbocycles. The van der Waals surface area contributed by atoms with Crippen molar-refractivity contribution < 1.29 is 4.79 Å². The third-order valence-corrected chi connectivity index (χ3v) is 4.19. The van der Waals surface area contributed by atoms with E-state index in [9.17, 15) is 4.79 Å². The molecule has 10 nitrogen and oxygen atoms in total. The van der Waals surface area contributed by atoms with Gasteiger partial charge in [-0.15, -0.1) is 15.3 Å². The molecule has 0 saturated heterocycles. The van der Waals surface area contributed by atoms with Crippen molar-refractivity contribution in [1.29, 1.82) is 0 Å². The van der Waals surface area contributed by atoms with E-state index in [4.69, 9.17) is 0 Å². The smallest absolute Gasteiger partial charge is 0.250 e. The van der Waals surface area contributed by atoms with Crippen molar-refractivity contribution in [2.45, 2.75) is 13.0 Å². The molecule has 0 radical (unpaired) electrons. The Bertz CT molecular complexity index is 1100. The highest BCUT2D eigenvalue weighted by Gasteiger charge is 2.19. The molecule has 2 aromatic heterocycles. The first-order chi connectivity index (χ1) is 13.6. The minimum absolute atomic E-state index is 0.259. The standard InChI is InChI=1S/C18H17N9O/c1-12(27-22-16(20-24-27)13-7-4-3-5-8-13)18(28)19-15-10-6-9-14(11-15)17-21-23-25-26(17)2/h3-12H,1-2H3,(H,19,28). The molecule has 28 heavy (non-hydrogen) atoms. The maximum Gasteiger partial charge on any atom is 0.250 e. The number of anilines is 1. The second kappa shape index (κ2) is 7.35. The largest absolute Gasteiger partial charge is 0.324 e. The van der Waals surface area contributed by atoms with Crippen molar-refractivity contribution in [2.24, 2.45) is 7.05 Å². The Morgan fingerprint density at radius 1 is 1.00 bits per heavy atom. The van der Waals surface area contributed by atoms with Crippen LogP contribution in [0, 0.1) is 0 Å². The number of nitrogens with one attached hydrogen (secondary N) is 1. The van der Waals surface area contributed by atoms with Crippen LogP contribution in [0.2, 0.25) is 0 Å². The molecule has 0 aliphatic carbocycles. The van der Waals surface area contributed by atoms with Gasteiger partial charge >= 0.3 is 0 Å². The molecule has 1 N–H and O–H groups in total. The molecular formula is C18H17N9O. The van der Waals surface area contributed by atoms with E-state index in [1.165, 1.54) is 4.80 Å². The fourth-order valence-electron chi connectivity index (χ4n) is 2.65. The lowest BCUT2D eigenvalue weighted by molar-refractivity contribution is -0.119. The minimum atomic E-state index is -0.634. The lowest BCUT2D eigenvalue weighted by Crippen LogP contribution is -2.25. The first-order valence-corrected chi connectivity index (χ1v) is 8.60. The van der Waals surface area contributed by atoms with Crippen LogP contribution in [0.15, 0.2) is 54.6 Å². The Kier molecular flexibility index (Phi) is 4.58. The number of tetrazole rings is 2. The number of aryl methyl sites for hydroxylation is 1. The highest BCUT2D eigenvalue weighted by Crippen LogP contribution is 2.20. The van der Waals surface area contributed by atoms with Gasteiger partial charge in [-0.2, -0.15) is 4.80 Å². The molecule has 4 rings (SSSR count). The second-order valence-corrected chi connectivity index (χ2v) is 6.17. The summed E-state index contributed by atoms with van der Waals surface area (Å²) in [5, 5.41) is 26.7. The van der Waals surface area contributed by atoms with Crippen LogP contribution in [0.1, 0.15) is 13.0 Å². The van der Waals surface area contributed by atoms with Gasteiger partial charge in [0, 0.05) is 23.9 Å². The minimum Gasteiger partial charge on any atom is -0.324 e. The van der Waals surface area contributed by atoms with E-state index in [2.05, 4.69) is 36.3 Å². The highest BCUT2D eigenvalue weighted by molar-refractivity contribution is 5.93. The molecule has 0 bridgehead atoms. The molecule has 140 valence electrons. The SMILES string of the molecule is CC(C(=O)Nc1cccc(-c2nnnn2C)c1)n1nnc(-c2ccccc2)n1. The van der Waals surface area contributed by atoms with Gasteiger partial charge in [-0.05, 0) is 34.7 Å². The van der Waals surface area contributed by atoms with Gasteiger partial charge in [-0.1, -0.05) is 42.5 Å². The molecule has 0 fully saturated rings. The van der Waals surface area contributed by atoms with E-state index in [0.717, 1.165) is 11.1 Å². The monoisotopic (exact) mass is 375 g/mol. The number of nitrogens with zero attached hydrogens (tertiary/aromatic N) is 8. The molecule has 2 heterocycles. The van der Waals surface area contributed by atoms with Gasteiger partial charge in [0.05, 0.1) is 0 Å². The number of hydrogen-bond acceptors (Lipinski definition) is 7. The van der Waals surface area contributed by atoms with Gasteiger partial charge in [-0.25, -0.2) is 4.68 Å². The number of carbonyl (C=O) groups excluding carboxylic acids is 1. The fourth-order valence-corrected chi connectivity index (χ4v) is 2.65. The molecule has 1 unspecified atom stereocenters. The van der Waals surface area contributed by atoms with Crippen LogP contribution in [0.4, 0.5) is 5.69 Å². The van der Waals surface area contributed by atoms with Crippen molar-refractivity contribution in [3.8, 4) is 22.8 Å². The average Bonchev–Trinajstić information content (AvgIpc) is 3.37. The molecule has 10 heteroatoms. The molecule has 0 spiro atoms. The van der Waals surface area contributed by atoms with E-state index in [1.807, 2.05) is 42.5 Å². The Labute approximate surface area is 160 Å². The predicted octanol–water partition coefficient (Wildman–Crippen LogP) is 1.73. The van der Waals surface area contributed by atoms with Gasteiger partial charge in [0.1, 0.15) is 6.04 Å². The number of benzene rings is 2. The number of hydrogen-bond donors (Lipinski definition) is 1. The average molecular weight is 375 g/mol. The normalized spacial score (nSPS) is 11.9. The molecule has 1 atom stereocenters. The van der Waals surface area contributed by atoms with Gasteiger partial charge in [0.25, 0.3) is 5.91 Å². The quantitative estimate of drug-likeness (QED) is 0.564. The van der Waals surface area contributed by atoms with Crippen LogP contribution in [0.3, 0.4) is 0 Å². The van der Waals surface area contributed by atoms with E-state index in [1.54, 1.807) is 30.8 Å². The molecule has 1 amide bonds. The lowest BCUT2D eigenvalue weighted by Gasteiger charge is -2.11. The lowest BCUT2D eigenvalue weighted by atomic mass is 10.2. The summed E-state index contributed by atoms with van der Waals surface area (Å²) in [6.07, 6.45) is 0. The Hall–Kier alpha value is -3.95. The maximum absolute atomic E-state index is 12.6. The van der Waals surface area contributed by atoms with Crippen LogP contribution >= 0.6 is 0 Å². The number of amides is 1. The summed E-state index contributed by atoms with van der Waals surface area (Å²) in [6, 6.07) is 16.1. The number of aromatic nitrogens is 8. The van der Waals surface area contributed by atoms with Gasteiger partial charge in [0.2, 0.25) is 5.82 Å². The molecule has 4 aromatic rings. The summed E-state index contributed by atoms with van der Waals surface area (Å²) in [5.74, 6) is 0.817. The van der Waals surface area contributed by atoms with Crippen molar-refractivity contribution in [1.82, 2.24) is 40.4 Å². The summed E-state index contributed by atoms with van der Waals surface area (Å²) in [5.41, 5.74) is 2.26. The summed E-state index contributed by atoms with van der Waals surface area (Å²) in [7, 11) is 1.75. The zero-order valence-electron chi connectivity index (χ0n) is 15.3. The topological polar surface area (TPSA) is 116 Å². The van der Waals surface area contributed by atoms with Gasteiger partial charge < -0.3 is 5.32 Å². The highest BCUT2D eigenvalue weighted by atomic mass is 16.2. The van der Waals surface area contributed by atoms with E-state index in [0.29, 0.717) is 17.3 Å². The summed E-state index contributed by atoms with van der Waals surface area (Å²) in [4.78, 5) is 13.9. The van der Waals surface area contributed by atoms with Gasteiger partial charge in [-0.3, -0.25) is 4.79 Å². The zero-order valence-corrected chi connectivity index (χ0v) is 15.3. The second-order valence-electron chi connectivity index (χ2n) is 6.17. The molecule has 0 aliphatic rings. The van der Waals surface area contributed by atoms with Crippen molar-refractivity contribution in [3.05, 3.63) is 54.6 Å². The Balaban J connectivity index is 1.50. The summed E-state index contributed by atoms with van der Waals surface area (Å²) in [6.45, 7) is 1.71. The first-order valence-electron chi connectivity index (χ1n) is 8.60. The van der Waals surface area contributed by atoms with E-state index < -0.39 is 6.04 Å². The number of carbonyl (C=O) groups is 1. The molecular weight excluding hydrogens is 358 g/mol. The Morgan fingerprint density at radius 3 is 2.54 bits per heavy atom. The predicted molar refractivity (Wildman–Crippen MR) is 101 cm³/mol. The molecule has 0 saturated carbocycles. The molecule has 0 aliphatic heterocycles. The van der Waals surface area contributed by atoms with E-state index in [-0.39, 0.29) is 5.91 Å². The third kappa shape index (κ3) is 3.47. The van der Waals surface area contributed by atoms with Crippen LogP contribution in [0.5, 0.6) is 0 Å². The van der Waals surface area contributed by atoms with Crippen LogP contribution in [-0.2, 0) is 11.8 Å². The fraction of sp³-hybridized carbons (Fsp3) is 0.167. The van der Waals surface area contributed by atoms with Crippen molar-refractivity contribution in [2.75, 3.05) is 5.32 Å². The summed E-state index contributed by atoms with van der Waals surface area (Å²) < 4.78 is 1.56. The maximum atomic E-state index is 12.6.